The molecular weight excluding hydrogens is 172 g/mol. The zero-order chi connectivity index (χ0) is 10.1. The lowest BCUT2D eigenvalue weighted by atomic mass is 10.4. The van der Waals surface area contributed by atoms with E-state index in [1.54, 1.807) is 0 Å². The fraction of sp³-hybridized carbons (Fsp3) is 0.714. The van der Waals surface area contributed by atoms with Gasteiger partial charge in [0.05, 0.1) is 13.1 Å². The van der Waals surface area contributed by atoms with Gasteiger partial charge < -0.3 is 22.1 Å². The van der Waals surface area contributed by atoms with Crippen LogP contribution < -0.4 is 22.1 Å². The molecule has 0 saturated carbocycles. The summed E-state index contributed by atoms with van der Waals surface area (Å²) in [5.41, 5.74) is 10.1. The molecule has 0 aromatic heterocycles. The van der Waals surface area contributed by atoms with Gasteiger partial charge in [0.25, 0.3) is 0 Å². The van der Waals surface area contributed by atoms with E-state index >= 15 is 0 Å². The second-order valence-corrected chi connectivity index (χ2v) is 2.46. The van der Waals surface area contributed by atoms with Gasteiger partial charge in [-0.15, -0.1) is 0 Å². The maximum atomic E-state index is 10.6. The molecule has 13 heavy (non-hydrogen) atoms. The van der Waals surface area contributed by atoms with Crippen molar-refractivity contribution in [2.45, 2.75) is 6.42 Å². The van der Waals surface area contributed by atoms with Crippen molar-refractivity contribution < 1.29 is 9.59 Å². The van der Waals surface area contributed by atoms with Crippen LogP contribution in [0.4, 0.5) is 0 Å². The van der Waals surface area contributed by atoms with E-state index < -0.39 is 0 Å². The van der Waals surface area contributed by atoms with Crippen LogP contribution in [0.25, 0.3) is 0 Å². The van der Waals surface area contributed by atoms with Gasteiger partial charge in [-0.05, 0) is 6.42 Å². The highest BCUT2D eigenvalue weighted by molar-refractivity contribution is 5.78. The highest BCUT2D eigenvalue weighted by atomic mass is 16.2. The highest BCUT2D eigenvalue weighted by Gasteiger charge is 1.97. The molecule has 0 radical (unpaired) electrons. The largest absolute Gasteiger partial charge is 0.355 e. The lowest BCUT2D eigenvalue weighted by Crippen LogP contribution is -2.35. The quantitative estimate of drug-likeness (QED) is 0.346. The molecule has 6 heteroatoms. The van der Waals surface area contributed by atoms with Crippen LogP contribution >= 0.6 is 0 Å². The minimum Gasteiger partial charge on any atom is -0.355 e. The highest BCUT2D eigenvalue weighted by Crippen LogP contribution is 1.73. The molecule has 6 nitrogen and oxygen atoms in total. The van der Waals surface area contributed by atoms with Crippen LogP contribution in [-0.2, 0) is 9.59 Å². The van der Waals surface area contributed by atoms with Gasteiger partial charge in [0, 0.05) is 13.1 Å². The summed E-state index contributed by atoms with van der Waals surface area (Å²) in [5.74, 6) is -0.379. The zero-order valence-corrected chi connectivity index (χ0v) is 7.51. The maximum absolute atomic E-state index is 10.6. The third-order valence-electron chi connectivity index (χ3n) is 1.37. The van der Waals surface area contributed by atoms with Gasteiger partial charge in [0.15, 0.2) is 0 Å². The van der Waals surface area contributed by atoms with Crippen molar-refractivity contribution in [3.63, 3.8) is 0 Å². The number of hydrogen-bond acceptors (Lipinski definition) is 4. The van der Waals surface area contributed by atoms with Crippen molar-refractivity contribution in [1.82, 2.24) is 10.6 Å². The van der Waals surface area contributed by atoms with E-state index in [9.17, 15) is 9.59 Å². The Morgan fingerprint density at radius 3 is 1.62 bits per heavy atom. The van der Waals surface area contributed by atoms with Crippen LogP contribution in [-0.4, -0.2) is 38.0 Å². The Morgan fingerprint density at radius 2 is 1.31 bits per heavy atom. The van der Waals surface area contributed by atoms with Crippen molar-refractivity contribution in [3.05, 3.63) is 0 Å². The molecular formula is C7H16N4O2. The Kier molecular flexibility index (Phi) is 6.85. The average Bonchev–Trinajstić information content (AvgIpc) is 2.16. The predicted octanol–water partition coefficient (Wildman–Crippen LogP) is -2.47. The minimum absolute atomic E-state index is 0.00480. The standard InChI is InChI=1S/C7H16N4O2/c8-4-6(12)10-2-1-3-11-7(13)5-9/h1-5,8-9H2,(H,10,12)(H,11,13). The normalized spacial score (nSPS) is 9.38. The molecule has 76 valence electrons. The van der Waals surface area contributed by atoms with E-state index in [-0.39, 0.29) is 24.9 Å². The number of rotatable bonds is 6. The SMILES string of the molecule is NCC(=O)NCCCNC(=O)CN. The monoisotopic (exact) mass is 188 g/mol. The molecule has 0 aromatic rings. The Hall–Kier alpha value is -1.14. The van der Waals surface area contributed by atoms with Crippen molar-refractivity contribution in [1.29, 1.82) is 0 Å². The number of nitrogens with one attached hydrogen (secondary N) is 2. The summed E-state index contributed by atoms with van der Waals surface area (Å²) in [6, 6.07) is 0. The molecule has 6 N–H and O–H groups in total. The molecule has 0 aliphatic carbocycles. The van der Waals surface area contributed by atoms with E-state index in [2.05, 4.69) is 10.6 Å². The third-order valence-corrected chi connectivity index (χ3v) is 1.37. The van der Waals surface area contributed by atoms with Gasteiger partial charge in [-0.1, -0.05) is 0 Å². The number of hydrogen-bond donors (Lipinski definition) is 4. The molecule has 0 aromatic carbocycles. The second-order valence-electron chi connectivity index (χ2n) is 2.46. The first kappa shape index (κ1) is 11.9. The van der Waals surface area contributed by atoms with Crippen molar-refractivity contribution in [2.75, 3.05) is 26.2 Å². The molecule has 0 fully saturated rings. The molecule has 0 bridgehead atoms. The fourth-order valence-corrected chi connectivity index (χ4v) is 0.688. The second kappa shape index (κ2) is 7.51. The summed E-state index contributed by atoms with van der Waals surface area (Å²) in [6.07, 6.45) is 0.678. The van der Waals surface area contributed by atoms with Crippen molar-refractivity contribution in [2.24, 2.45) is 11.5 Å². The van der Waals surface area contributed by atoms with E-state index in [0.717, 1.165) is 0 Å². The number of nitrogens with two attached hydrogens (primary N) is 2. The summed E-state index contributed by atoms with van der Waals surface area (Å²) in [7, 11) is 0. The molecule has 0 atom stereocenters. The molecule has 0 saturated heterocycles. The first-order valence-corrected chi connectivity index (χ1v) is 4.14. The Balaban J connectivity index is 3.17. The van der Waals surface area contributed by atoms with Crippen molar-refractivity contribution in [3.8, 4) is 0 Å². The van der Waals surface area contributed by atoms with Gasteiger partial charge in [-0.25, -0.2) is 0 Å². The van der Waals surface area contributed by atoms with Crippen molar-refractivity contribution >= 4 is 11.8 Å². The zero-order valence-electron chi connectivity index (χ0n) is 7.51. The summed E-state index contributed by atoms with van der Waals surface area (Å²) in [6.45, 7) is 1.02. The molecule has 0 spiro atoms. The molecule has 0 rings (SSSR count). The third kappa shape index (κ3) is 7.23. The molecule has 0 aliphatic heterocycles. The van der Waals surface area contributed by atoms with Gasteiger partial charge >= 0.3 is 0 Å². The lowest BCUT2D eigenvalue weighted by molar-refractivity contribution is -0.120. The Labute approximate surface area is 77.0 Å². The smallest absolute Gasteiger partial charge is 0.233 e. The predicted molar refractivity (Wildman–Crippen MR) is 48.7 cm³/mol. The van der Waals surface area contributed by atoms with Gasteiger partial charge in [-0.3, -0.25) is 9.59 Å². The first-order valence-electron chi connectivity index (χ1n) is 4.14. The Morgan fingerprint density at radius 1 is 0.923 bits per heavy atom. The number of carbonyl (C=O) groups excluding carboxylic acids is 2. The topological polar surface area (TPSA) is 110 Å². The van der Waals surface area contributed by atoms with Crippen LogP contribution in [0, 0.1) is 0 Å². The van der Waals surface area contributed by atoms with E-state index in [4.69, 9.17) is 11.5 Å². The molecule has 0 aliphatic rings. The maximum Gasteiger partial charge on any atom is 0.233 e. The Bertz CT molecular complexity index is 154. The molecule has 0 unspecified atom stereocenters. The van der Waals surface area contributed by atoms with Crippen LogP contribution in [0.1, 0.15) is 6.42 Å². The van der Waals surface area contributed by atoms with E-state index in [0.29, 0.717) is 19.5 Å². The van der Waals surface area contributed by atoms with Gasteiger partial charge in [0.2, 0.25) is 11.8 Å². The lowest BCUT2D eigenvalue weighted by Gasteiger charge is -2.04. The minimum atomic E-state index is -0.190. The molecule has 2 amide bonds. The fourth-order valence-electron chi connectivity index (χ4n) is 0.688. The van der Waals surface area contributed by atoms with Crippen LogP contribution in [0.5, 0.6) is 0 Å². The number of amides is 2. The van der Waals surface area contributed by atoms with E-state index in [1.807, 2.05) is 0 Å². The number of carbonyl (C=O) groups is 2. The summed E-state index contributed by atoms with van der Waals surface area (Å²) in [5, 5.41) is 5.16. The summed E-state index contributed by atoms with van der Waals surface area (Å²) < 4.78 is 0. The first-order chi connectivity index (χ1) is 6.20. The van der Waals surface area contributed by atoms with Gasteiger partial charge in [-0.2, -0.15) is 0 Å². The average molecular weight is 188 g/mol. The summed E-state index contributed by atoms with van der Waals surface area (Å²) >= 11 is 0. The summed E-state index contributed by atoms with van der Waals surface area (Å²) in [4.78, 5) is 21.2. The van der Waals surface area contributed by atoms with Gasteiger partial charge in [0.1, 0.15) is 0 Å². The van der Waals surface area contributed by atoms with E-state index in [1.165, 1.54) is 0 Å². The van der Waals surface area contributed by atoms with Crippen LogP contribution in [0.3, 0.4) is 0 Å². The van der Waals surface area contributed by atoms with Crippen LogP contribution in [0.2, 0.25) is 0 Å². The molecule has 0 heterocycles. The van der Waals surface area contributed by atoms with Crippen LogP contribution in [0.15, 0.2) is 0 Å².